The molecule has 1 saturated carbocycles. The van der Waals surface area contributed by atoms with Gasteiger partial charge in [0, 0.05) is 58.7 Å². The highest BCUT2D eigenvalue weighted by Gasteiger charge is 2.43. The van der Waals surface area contributed by atoms with E-state index in [4.69, 9.17) is 18.9 Å². The summed E-state index contributed by atoms with van der Waals surface area (Å²) >= 11 is 0. The number of esters is 2. The average molecular weight is 947 g/mol. The van der Waals surface area contributed by atoms with E-state index in [1.807, 2.05) is 36.4 Å². The van der Waals surface area contributed by atoms with Crippen LogP contribution >= 0.6 is 0 Å². The Balaban J connectivity index is 1.31. The van der Waals surface area contributed by atoms with Gasteiger partial charge in [0.15, 0.2) is 12.2 Å². The van der Waals surface area contributed by atoms with Crippen molar-refractivity contribution in [3.05, 3.63) is 60.7 Å². The van der Waals surface area contributed by atoms with Crippen LogP contribution in [0.2, 0.25) is 0 Å². The molecule has 4 atom stereocenters. The molecule has 14 nitrogen and oxygen atoms in total. The van der Waals surface area contributed by atoms with Crippen LogP contribution in [-0.4, -0.2) is 120 Å². The minimum absolute atomic E-state index is 0.106. The molecule has 4 N–H and O–H groups in total. The number of hydrogen-bond acceptors (Lipinski definition) is 12. The van der Waals surface area contributed by atoms with Crippen molar-refractivity contribution in [1.82, 2.24) is 20.4 Å². The Morgan fingerprint density at radius 3 is 1.24 bits per heavy atom. The Hall–Kier alpha value is -4.24. The number of ether oxygens (including phenoxy) is 4. The molecule has 380 valence electrons. The normalized spacial score (nSPS) is 22.1. The van der Waals surface area contributed by atoms with Crippen molar-refractivity contribution in [2.24, 2.45) is 11.8 Å². The van der Waals surface area contributed by atoms with E-state index in [0.29, 0.717) is 37.3 Å². The number of para-hydroxylation sites is 2. The van der Waals surface area contributed by atoms with Crippen molar-refractivity contribution in [1.29, 1.82) is 0 Å². The molecular formula is C54H86N6O8. The number of hydrogen-bond donors (Lipinski definition) is 4. The zero-order valence-electron chi connectivity index (χ0n) is 43.1. The molecule has 0 radical (unpaired) electrons. The highest BCUT2D eigenvalue weighted by Crippen LogP contribution is 2.35. The third-order valence-corrected chi connectivity index (χ3v) is 13.6. The second kappa shape index (κ2) is 25.0. The van der Waals surface area contributed by atoms with Crippen molar-refractivity contribution in [3.63, 3.8) is 0 Å². The Morgan fingerprint density at radius 1 is 0.574 bits per heavy atom. The van der Waals surface area contributed by atoms with Gasteiger partial charge in [0.05, 0.1) is 11.8 Å². The minimum atomic E-state index is -0.777. The monoisotopic (exact) mass is 947 g/mol. The second-order valence-electron chi connectivity index (χ2n) is 22.4. The first-order valence-electron chi connectivity index (χ1n) is 25.6. The first-order chi connectivity index (χ1) is 32.1. The quantitative estimate of drug-likeness (QED) is 0.0655. The highest BCUT2D eigenvalue weighted by molar-refractivity contribution is 5.85. The minimum Gasteiger partial charge on any atom is -0.461 e. The lowest BCUT2D eigenvalue weighted by atomic mass is 9.79. The Kier molecular flexibility index (Phi) is 20.1. The first kappa shape index (κ1) is 54.7. The van der Waals surface area contributed by atoms with Gasteiger partial charge in [0.25, 0.3) is 0 Å². The van der Waals surface area contributed by atoms with Crippen LogP contribution in [0.4, 0.5) is 21.0 Å². The van der Waals surface area contributed by atoms with Crippen LogP contribution in [0.15, 0.2) is 60.7 Å². The molecule has 2 amide bonds. The van der Waals surface area contributed by atoms with Gasteiger partial charge >= 0.3 is 24.1 Å². The molecule has 2 aromatic rings. The summed E-state index contributed by atoms with van der Waals surface area (Å²) in [5.41, 5.74) is 0.770. The van der Waals surface area contributed by atoms with Gasteiger partial charge in [-0.15, -0.1) is 0 Å². The van der Waals surface area contributed by atoms with Crippen LogP contribution in [0.5, 0.6) is 0 Å². The maximum atomic E-state index is 14.2. The zero-order valence-corrected chi connectivity index (χ0v) is 43.1. The molecule has 3 aliphatic rings. The van der Waals surface area contributed by atoms with E-state index in [2.05, 4.69) is 100 Å². The van der Waals surface area contributed by atoms with Crippen molar-refractivity contribution in [2.45, 2.75) is 193 Å². The number of unbranched alkanes of at least 4 members (excludes halogenated alkanes) is 2. The summed E-state index contributed by atoms with van der Waals surface area (Å²) < 4.78 is 24.4. The molecule has 1 aliphatic carbocycles. The molecule has 0 bridgehead atoms. The highest BCUT2D eigenvalue weighted by atomic mass is 16.6. The van der Waals surface area contributed by atoms with Crippen molar-refractivity contribution >= 4 is 35.5 Å². The van der Waals surface area contributed by atoms with Gasteiger partial charge in [-0.2, -0.15) is 0 Å². The van der Waals surface area contributed by atoms with Crippen LogP contribution in [0.3, 0.4) is 0 Å². The lowest BCUT2D eigenvalue weighted by molar-refractivity contribution is -0.166. The van der Waals surface area contributed by atoms with Crippen LogP contribution < -0.4 is 21.3 Å². The SMILES string of the molecule is CCCCN(CC(COC(=O)C1CCCCC1C(=O)OCC(CN(CCCC)C1CC(C)(C)NC(C)(C)C1)OC(=O)Nc1ccccc1)OC(=O)Nc1ccccc1)C1CC(C)(C)NC(C)(C)C1. The molecule has 2 aliphatic heterocycles. The maximum absolute atomic E-state index is 14.2. The average Bonchev–Trinajstić information content (AvgIpc) is 3.25. The number of anilines is 2. The fourth-order valence-corrected chi connectivity index (χ4v) is 11.3. The molecule has 68 heavy (non-hydrogen) atoms. The Labute approximate surface area is 408 Å². The number of benzene rings is 2. The van der Waals surface area contributed by atoms with Gasteiger partial charge in [-0.1, -0.05) is 75.9 Å². The largest absolute Gasteiger partial charge is 0.461 e. The fourth-order valence-electron chi connectivity index (χ4n) is 11.3. The van der Waals surface area contributed by atoms with Gasteiger partial charge in [0.2, 0.25) is 0 Å². The summed E-state index contributed by atoms with van der Waals surface area (Å²) in [6.07, 6.45) is 7.19. The summed E-state index contributed by atoms with van der Waals surface area (Å²) in [5.74, 6) is -2.49. The molecule has 2 heterocycles. The number of carbonyl (C=O) groups excluding carboxylic acids is 4. The summed E-state index contributed by atoms with van der Waals surface area (Å²) in [6.45, 7) is 24.2. The van der Waals surface area contributed by atoms with E-state index in [1.54, 1.807) is 24.3 Å². The van der Waals surface area contributed by atoms with E-state index in [9.17, 15) is 19.2 Å². The summed E-state index contributed by atoms with van der Waals surface area (Å²) in [7, 11) is 0. The molecule has 14 heteroatoms. The molecule has 2 saturated heterocycles. The first-order valence-corrected chi connectivity index (χ1v) is 25.6. The predicted molar refractivity (Wildman–Crippen MR) is 270 cm³/mol. The van der Waals surface area contributed by atoms with E-state index in [-0.39, 0.29) is 47.5 Å². The number of nitrogens with one attached hydrogen (secondary N) is 4. The van der Waals surface area contributed by atoms with Crippen LogP contribution in [0.25, 0.3) is 0 Å². The zero-order chi connectivity index (χ0) is 49.5. The third kappa shape index (κ3) is 17.9. The van der Waals surface area contributed by atoms with Crippen LogP contribution in [0, 0.1) is 11.8 Å². The van der Waals surface area contributed by atoms with Crippen molar-refractivity contribution in [3.8, 4) is 0 Å². The third-order valence-electron chi connectivity index (χ3n) is 13.6. The Bertz CT molecular complexity index is 1730. The van der Waals surface area contributed by atoms with Crippen LogP contribution in [0.1, 0.15) is 146 Å². The maximum Gasteiger partial charge on any atom is 0.412 e. The predicted octanol–water partition coefficient (Wildman–Crippen LogP) is 9.94. The lowest BCUT2D eigenvalue weighted by Crippen LogP contribution is -2.63. The van der Waals surface area contributed by atoms with Gasteiger partial charge in [-0.25, -0.2) is 9.59 Å². The lowest BCUT2D eigenvalue weighted by Gasteiger charge is -2.50. The molecule has 0 aromatic heterocycles. The van der Waals surface area contributed by atoms with Crippen molar-refractivity contribution in [2.75, 3.05) is 50.0 Å². The number of nitrogens with zero attached hydrogens (tertiary/aromatic N) is 2. The molecule has 3 fully saturated rings. The molecule has 4 unspecified atom stereocenters. The van der Waals surface area contributed by atoms with E-state index in [1.165, 1.54) is 0 Å². The standard InChI is InChI=1S/C54H86N6O8/c1-11-13-29-59(41-31-51(3,4)57-52(5,6)32-41)35-43(67-49(63)55-39-23-17-15-18-24-39)37-65-47(61)45-27-21-22-28-46(45)48(62)66-38-44(68-50(64)56-40-25-19-16-20-26-40)36-60(30-14-12-2)42-33-53(7,8)58-54(9,10)34-42/h15-20,23-26,41-46,57-58H,11-14,21-22,27-38H2,1-10H3,(H,55,63)(H,56,64). The van der Waals surface area contributed by atoms with E-state index >= 15 is 0 Å². The number of rotatable bonds is 22. The smallest absolute Gasteiger partial charge is 0.412 e. The van der Waals surface area contributed by atoms with Gasteiger partial charge in [-0.3, -0.25) is 30.0 Å². The molecule has 0 spiro atoms. The number of carbonyl (C=O) groups is 4. The van der Waals surface area contributed by atoms with Gasteiger partial charge in [-0.05, 0) is 144 Å². The van der Waals surface area contributed by atoms with Crippen molar-refractivity contribution < 1.29 is 38.1 Å². The van der Waals surface area contributed by atoms with Gasteiger partial charge < -0.3 is 29.6 Å². The summed E-state index contributed by atoms with van der Waals surface area (Å²) in [4.78, 5) is 60.1. The topological polar surface area (TPSA) is 160 Å². The molecule has 5 rings (SSSR count). The number of piperidine rings is 2. The molecule has 2 aromatic carbocycles. The van der Waals surface area contributed by atoms with E-state index in [0.717, 1.165) is 77.3 Å². The van der Waals surface area contributed by atoms with Crippen LogP contribution in [-0.2, 0) is 28.5 Å². The Morgan fingerprint density at radius 2 is 0.912 bits per heavy atom. The summed E-state index contributed by atoms with van der Waals surface area (Å²) in [6, 6.07) is 18.7. The second-order valence-corrected chi connectivity index (χ2v) is 22.4. The summed E-state index contributed by atoms with van der Waals surface area (Å²) in [5, 5.41) is 13.2. The van der Waals surface area contributed by atoms with E-state index < -0.39 is 48.2 Å². The van der Waals surface area contributed by atoms with Gasteiger partial charge in [0.1, 0.15) is 13.2 Å². The fraction of sp³-hybridized carbons (Fsp3) is 0.704. The molecular weight excluding hydrogens is 861 g/mol. The number of amides is 2.